The van der Waals surface area contributed by atoms with Crippen molar-refractivity contribution in [3.05, 3.63) is 64.2 Å². The average Bonchev–Trinajstić information content (AvgIpc) is 2.59. The van der Waals surface area contributed by atoms with E-state index in [1.807, 2.05) is 12.1 Å². The second-order valence-corrected chi connectivity index (χ2v) is 6.74. The van der Waals surface area contributed by atoms with E-state index in [4.69, 9.17) is 11.6 Å². The highest BCUT2D eigenvalue weighted by Gasteiger charge is 2.16. The second kappa shape index (κ2) is 7.71. The Kier molecular flexibility index (Phi) is 5.41. The monoisotopic (exact) mass is 342 g/mol. The summed E-state index contributed by atoms with van der Waals surface area (Å²) in [6.07, 6.45) is 5.71. The van der Waals surface area contributed by atoms with Gasteiger partial charge in [-0.2, -0.15) is 0 Å². The lowest BCUT2D eigenvalue weighted by Gasteiger charge is -2.22. The van der Waals surface area contributed by atoms with Gasteiger partial charge < -0.3 is 10.6 Å². The van der Waals surface area contributed by atoms with Crippen LogP contribution in [0, 0.1) is 0 Å². The van der Waals surface area contributed by atoms with Crippen LogP contribution in [-0.4, -0.2) is 6.03 Å². The minimum absolute atomic E-state index is 0.0106. The van der Waals surface area contributed by atoms with Gasteiger partial charge in [-0.15, -0.1) is 0 Å². The van der Waals surface area contributed by atoms with Crippen LogP contribution in [0.1, 0.15) is 48.9 Å². The number of halogens is 1. The molecule has 4 heteroatoms. The number of nitrogens with one attached hydrogen (secondary N) is 2. The molecule has 126 valence electrons. The number of amides is 2. The van der Waals surface area contributed by atoms with Gasteiger partial charge in [0.05, 0.1) is 6.04 Å². The summed E-state index contributed by atoms with van der Waals surface area (Å²) in [5.74, 6) is 0. The minimum atomic E-state index is -0.207. The van der Waals surface area contributed by atoms with Crippen molar-refractivity contribution in [1.82, 2.24) is 5.32 Å². The van der Waals surface area contributed by atoms with Crippen molar-refractivity contribution >= 4 is 23.3 Å². The van der Waals surface area contributed by atoms with Gasteiger partial charge >= 0.3 is 6.03 Å². The third kappa shape index (κ3) is 4.09. The van der Waals surface area contributed by atoms with E-state index in [-0.39, 0.29) is 12.1 Å². The molecular formula is C20H23ClN2O. The molecule has 0 unspecified atom stereocenters. The highest BCUT2D eigenvalue weighted by Crippen LogP contribution is 2.26. The fourth-order valence-electron chi connectivity index (χ4n) is 3.28. The molecule has 0 bridgehead atoms. The van der Waals surface area contributed by atoms with E-state index >= 15 is 0 Å². The Morgan fingerprint density at radius 3 is 2.67 bits per heavy atom. The van der Waals surface area contributed by atoms with Crippen molar-refractivity contribution in [2.45, 2.75) is 45.1 Å². The highest BCUT2D eigenvalue weighted by molar-refractivity contribution is 6.30. The van der Waals surface area contributed by atoms with Gasteiger partial charge in [0.2, 0.25) is 0 Å². The quantitative estimate of drug-likeness (QED) is 0.757. The summed E-state index contributed by atoms with van der Waals surface area (Å²) in [5.41, 5.74) is 4.78. The van der Waals surface area contributed by atoms with Gasteiger partial charge in [0.1, 0.15) is 0 Å². The van der Waals surface area contributed by atoms with Crippen molar-refractivity contribution in [2.24, 2.45) is 0 Å². The molecule has 0 fully saturated rings. The standard InChI is InChI=1S/C20H23ClN2O/c1-2-19(16-11-10-14-6-3-4-7-15(14)12-16)23-20(24)22-18-9-5-8-17(21)13-18/h5,8-13,19H,2-4,6-7H2,1H3,(H2,22,23,24)/t19-/m0/s1. The lowest BCUT2D eigenvalue weighted by Crippen LogP contribution is -2.32. The van der Waals surface area contributed by atoms with E-state index in [0.717, 1.165) is 12.8 Å². The van der Waals surface area contributed by atoms with E-state index in [2.05, 4.69) is 35.8 Å². The Morgan fingerprint density at radius 1 is 1.12 bits per heavy atom. The molecule has 0 aromatic heterocycles. The first-order chi connectivity index (χ1) is 11.7. The number of urea groups is 1. The lowest BCUT2D eigenvalue weighted by molar-refractivity contribution is 0.248. The fourth-order valence-corrected chi connectivity index (χ4v) is 3.47. The second-order valence-electron chi connectivity index (χ2n) is 6.30. The van der Waals surface area contributed by atoms with Crippen LogP contribution in [0.5, 0.6) is 0 Å². The number of carbonyl (C=O) groups is 1. The van der Waals surface area contributed by atoms with E-state index in [1.54, 1.807) is 12.1 Å². The zero-order valence-electron chi connectivity index (χ0n) is 13.9. The maximum Gasteiger partial charge on any atom is 0.319 e. The third-order valence-corrected chi connectivity index (χ3v) is 4.81. The first kappa shape index (κ1) is 16.8. The number of aryl methyl sites for hydroxylation is 2. The molecular weight excluding hydrogens is 320 g/mol. The first-order valence-corrected chi connectivity index (χ1v) is 8.98. The molecule has 1 aliphatic rings. The summed E-state index contributed by atoms with van der Waals surface area (Å²) < 4.78 is 0. The van der Waals surface area contributed by atoms with Gasteiger partial charge in [-0.3, -0.25) is 0 Å². The van der Waals surface area contributed by atoms with Crippen LogP contribution in [0.25, 0.3) is 0 Å². The van der Waals surface area contributed by atoms with Crippen molar-refractivity contribution in [2.75, 3.05) is 5.32 Å². The SMILES string of the molecule is CC[C@H](NC(=O)Nc1cccc(Cl)c1)c1ccc2c(c1)CCCC2. The minimum Gasteiger partial charge on any atom is -0.331 e. The van der Waals surface area contributed by atoms with E-state index in [1.165, 1.54) is 36.0 Å². The van der Waals surface area contributed by atoms with Crippen molar-refractivity contribution in [3.8, 4) is 0 Å². The van der Waals surface area contributed by atoms with E-state index < -0.39 is 0 Å². The normalized spacial score (nSPS) is 14.6. The van der Waals surface area contributed by atoms with Crippen LogP contribution in [0.2, 0.25) is 5.02 Å². The number of anilines is 1. The van der Waals surface area contributed by atoms with Gasteiger partial charge in [0, 0.05) is 10.7 Å². The molecule has 2 aromatic rings. The Labute approximate surface area is 148 Å². The smallest absolute Gasteiger partial charge is 0.319 e. The molecule has 2 N–H and O–H groups in total. The number of hydrogen-bond acceptors (Lipinski definition) is 1. The zero-order valence-corrected chi connectivity index (χ0v) is 14.7. The molecule has 1 aliphatic carbocycles. The Balaban J connectivity index is 1.69. The Morgan fingerprint density at radius 2 is 1.92 bits per heavy atom. The van der Waals surface area contributed by atoms with Crippen LogP contribution >= 0.6 is 11.6 Å². The number of hydrogen-bond donors (Lipinski definition) is 2. The molecule has 0 aliphatic heterocycles. The summed E-state index contributed by atoms with van der Waals surface area (Å²) in [6, 6.07) is 13.6. The molecule has 2 aromatic carbocycles. The van der Waals surface area contributed by atoms with Gasteiger partial charge in [0.25, 0.3) is 0 Å². The predicted octanol–water partition coefficient (Wildman–Crippen LogP) is 5.49. The Bertz CT molecular complexity index is 729. The van der Waals surface area contributed by atoms with Crippen molar-refractivity contribution in [3.63, 3.8) is 0 Å². The molecule has 3 nitrogen and oxygen atoms in total. The maximum absolute atomic E-state index is 12.3. The van der Waals surface area contributed by atoms with Crippen LogP contribution in [0.4, 0.5) is 10.5 Å². The Hall–Kier alpha value is -2.00. The molecule has 3 rings (SSSR count). The topological polar surface area (TPSA) is 41.1 Å². The van der Waals surface area contributed by atoms with Gasteiger partial charge in [-0.25, -0.2) is 4.79 Å². The molecule has 0 radical (unpaired) electrons. The van der Waals surface area contributed by atoms with Gasteiger partial charge in [-0.05, 0) is 67.0 Å². The average molecular weight is 343 g/mol. The summed E-state index contributed by atoms with van der Waals surface area (Å²) in [6.45, 7) is 2.09. The van der Waals surface area contributed by atoms with Gasteiger partial charge in [-0.1, -0.05) is 42.8 Å². The summed E-state index contributed by atoms with van der Waals surface area (Å²) >= 11 is 5.95. The van der Waals surface area contributed by atoms with Crippen LogP contribution in [0.15, 0.2) is 42.5 Å². The molecule has 0 saturated carbocycles. The van der Waals surface area contributed by atoms with E-state index in [9.17, 15) is 4.79 Å². The first-order valence-electron chi connectivity index (χ1n) is 8.60. The highest BCUT2D eigenvalue weighted by atomic mass is 35.5. The molecule has 1 atom stereocenters. The van der Waals surface area contributed by atoms with Crippen LogP contribution in [-0.2, 0) is 12.8 Å². The predicted molar refractivity (Wildman–Crippen MR) is 99.7 cm³/mol. The van der Waals surface area contributed by atoms with Crippen LogP contribution < -0.4 is 10.6 Å². The van der Waals surface area contributed by atoms with Gasteiger partial charge in [0.15, 0.2) is 0 Å². The summed E-state index contributed by atoms with van der Waals surface area (Å²) in [5, 5.41) is 6.52. The summed E-state index contributed by atoms with van der Waals surface area (Å²) in [7, 11) is 0. The van der Waals surface area contributed by atoms with E-state index in [0.29, 0.717) is 10.7 Å². The van der Waals surface area contributed by atoms with Crippen molar-refractivity contribution < 1.29 is 4.79 Å². The lowest BCUT2D eigenvalue weighted by atomic mass is 9.89. The number of carbonyl (C=O) groups excluding carboxylic acids is 1. The summed E-state index contributed by atoms with van der Waals surface area (Å²) in [4.78, 5) is 12.3. The molecule has 0 saturated heterocycles. The molecule has 0 spiro atoms. The number of fused-ring (bicyclic) bond motifs is 1. The number of benzene rings is 2. The maximum atomic E-state index is 12.3. The zero-order chi connectivity index (χ0) is 16.9. The van der Waals surface area contributed by atoms with Crippen LogP contribution in [0.3, 0.4) is 0 Å². The fraction of sp³-hybridized carbons (Fsp3) is 0.350. The molecule has 2 amide bonds. The molecule has 0 heterocycles. The third-order valence-electron chi connectivity index (χ3n) is 4.57. The largest absolute Gasteiger partial charge is 0.331 e. The molecule has 24 heavy (non-hydrogen) atoms. The van der Waals surface area contributed by atoms with Crippen molar-refractivity contribution in [1.29, 1.82) is 0 Å². The number of rotatable bonds is 4.